The molecule has 8 heteroatoms. The van der Waals surface area contributed by atoms with Gasteiger partial charge in [-0.25, -0.2) is 13.4 Å². The van der Waals surface area contributed by atoms with Crippen LogP contribution in [0, 0.1) is 0 Å². The summed E-state index contributed by atoms with van der Waals surface area (Å²) >= 11 is 0. The number of carbonyl (C=O) groups is 1. The number of amides is 1. The number of fused-ring (bicyclic) bond motifs is 1. The van der Waals surface area contributed by atoms with Gasteiger partial charge in [0.1, 0.15) is 10.6 Å². The normalized spacial score (nSPS) is 11.3. The molecule has 116 valence electrons. The van der Waals surface area contributed by atoms with Gasteiger partial charge in [-0.2, -0.15) is 0 Å². The number of hydrazine groups is 1. The van der Waals surface area contributed by atoms with Gasteiger partial charge in [0.25, 0.3) is 15.9 Å². The minimum atomic E-state index is -3.88. The Kier molecular flexibility index (Phi) is 4.00. The van der Waals surface area contributed by atoms with E-state index in [9.17, 15) is 13.2 Å². The fraction of sp³-hybridized carbons (Fsp3) is 0. The lowest BCUT2D eigenvalue weighted by Crippen LogP contribution is -2.41. The van der Waals surface area contributed by atoms with Gasteiger partial charge in [0.15, 0.2) is 0 Å². The third-order valence-electron chi connectivity index (χ3n) is 3.07. The van der Waals surface area contributed by atoms with E-state index >= 15 is 0 Å². The van der Waals surface area contributed by atoms with Crippen LogP contribution in [0.5, 0.6) is 0 Å². The zero-order valence-corrected chi connectivity index (χ0v) is 12.6. The quantitative estimate of drug-likeness (QED) is 0.702. The molecule has 3 rings (SSSR count). The number of sulfonamides is 1. The van der Waals surface area contributed by atoms with Crippen LogP contribution >= 0.6 is 0 Å². The van der Waals surface area contributed by atoms with Gasteiger partial charge in [0.2, 0.25) is 0 Å². The van der Waals surface area contributed by atoms with Crippen LogP contribution in [0.3, 0.4) is 0 Å². The predicted molar refractivity (Wildman–Crippen MR) is 83.8 cm³/mol. The minimum absolute atomic E-state index is 0.0493. The molecule has 0 atom stereocenters. The van der Waals surface area contributed by atoms with Gasteiger partial charge in [0.05, 0.1) is 5.52 Å². The average Bonchev–Trinajstić information content (AvgIpc) is 2.60. The fourth-order valence-corrected chi connectivity index (χ4v) is 2.74. The van der Waals surface area contributed by atoms with Crippen LogP contribution in [0.4, 0.5) is 0 Å². The maximum absolute atomic E-state index is 12.1. The SMILES string of the molecule is O=C(NNS(=O)(=O)c1cccnc1)c1ccc2ccccc2n1. The molecule has 0 aliphatic rings. The highest BCUT2D eigenvalue weighted by molar-refractivity contribution is 7.89. The Morgan fingerprint density at radius 2 is 1.83 bits per heavy atom. The molecule has 1 aromatic carbocycles. The zero-order chi connectivity index (χ0) is 16.3. The third kappa shape index (κ3) is 3.33. The Morgan fingerprint density at radius 1 is 1.00 bits per heavy atom. The second-order valence-corrected chi connectivity index (χ2v) is 6.32. The molecule has 0 saturated carbocycles. The minimum Gasteiger partial charge on any atom is -0.272 e. The van der Waals surface area contributed by atoms with E-state index in [2.05, 4.69) is 15.4 Å². The molecule has 0 saturated heterocycles. The van der Waals surface area contributed by atoms with Gasteiger partial charge < -0.3 is 0 Å². The molecular weight excluding hydrogens is 316 g/mol. The largest absolute Gasteiger partial charge is 0.284 e. The van der Waals surface area contributed by atoms with Crippen molar-refractivity contribution in [3.8, 4) is 0 Å². The summed E-state index contributed by atoms with van der Waals surface area (Å²) in [5.41, 5.74) is 2.89. The Balaban J connectivity index is 1.76. The number of hydrogen-bond acceptors (Lipinski definition) is 5. The Labute approximate surface area is 132 Å². The van der Waals surface area contributed by atoms with Crippen molar-refractivity contribution in [2.24, 2.45) is 0 Å². The molecule has 0 unspecified atom stereocenters. The molecule has 1 amide bonds. The predicted octanol–water partition coefficient (Wildman–Crippen LogP) is 1.25. The first-order valence-electron chi connectivity index (χ1n) is 6.64. The number of para-hydroxylation sites is 1. The van der Waals surface area contributed by atoms with E-state index < -0.39 is 15.9 Å². The van der Waals surface area contributed by atoms with E-state index in [1.807, 2.05) is 23.0 Å². The van der Waals surface area contributed by atoms with Crippen molar-refractivity contribution in [2.75, 3.05) is 0 Å². The summed E-state index contributed by atoms with van der Waals surface area (Å²) in [7, 11) is -3.88. The van der Waals surface area contributed by atoms with E-state index in [4.69, 9.17) is 0 Å². The van der Waals surface area contributed by atoms with Crippen molar-refractivity contribution in [2.45, 2.75) is 4.90 Å². The van der Waals surface area contributed by atoms with E-state index in [0.29, 0.717) is 5.52 Å². The van der Waals surface area contributed by atoms with Crippen molar-refractivity contribution in [1.82, 2.24) is 20.2 Å². The molecule has 0 bridgehead atoms. The van der Waals surface area contributed by atoms with E-state index in [0.717, 1.165) is 5.39 Å². The molecule has 0 spiro atoms. The van der Waals surface area contributed by atoms with Crippen LogP contribution in [0.25, 0.3) is 10.9 Å². The van der Waals surface area contributed by atoms with Crippen LogP contribution in [-0.2, 0) is 10.0 Å². The lowest BCUT2D eigenvalue weighted by Gasteiger charge is -2.08. The van der Waals surface area contributed by atoms with Crippen LogP contribution in [-0.4, -0.2) is 24.3 Å². The first kappa shape index (κ1) is 15.1. The van der Waals surface area contributed by atoms with Crippen molar-refractivity contribution in [1.29, 1.82) is 0 Å². The zero-order valence-electron chi connectivity index (χ0n) is 11.8. The van der Waals surface area contributed by atoms with Crippen LogP contribution in [0.2, 0.25) is 0 Å². The number of nitrogens with zero attached hydrogens (tertiary/aromatic N) is 2. The topological polar surface area (TPSA) is 101 Å². The molecule has 23 heavy (non-hydrogen) atoms. The Morgan fingerprint density at radius 3 is 2.61 bits per heavy atom. The Hall–Kier alpha value is -2.84. The van der Waals surface area contributed by atoms with Crippen LogP contribution in [0.15, 0.2) is 65.8 Å². The smallest absolute Gasteiger partial charge is 0.272 e. The summed E-state index contributed by atoms with van der Waals surface area (Å²) in [5, 5.41) is 0.889. The summed E-state index contributed by atoms with van der Waals surface area (Å²) in [6, 6.07) is 13.4. The van der Waals surface area contributed by atoms with Crippen LogP contribution < -0.4 is 10.3 Å². The summed E-state index contributed by atoms with van der Waals surface area (Å²) < 4.78 is 24.0. The number of pyridine rings is 2. The van der Waals surface area contributed by atoms with E-state index in [-0.39, 0.29) is 10.6 Å². The fourth-order valence-electron chi connectivity index (χ4n) is 1.94. The highest BCUT2D eigenvalue weighted by Gasteiger charge is 2.16. The summed E-state index contributed by atoms with van der Waals surface area (Å²) in [5.74, 6) is -0.650. The number of rotatable bonds is 4. The highest BCUT2D eigenvalue weighted by atomic mass is 32.2. The van der Waals surface area contributed by atoms with Crippen molar-refractivity contribution < 1.29 is 13.2 Å². The lowest BCUT2D eigenvalue weighted by atomic mass is 10.2. The number of hydrogen-bond donors (Lipinski definition) is 2. The number of nitrogens with one attached hydrogen (secondary N) is 2. The molecule has 0 aliphatic carbocycles. The van der Waals surface area contributed by atoms with E-state index in [1.54, 1.807) is 12.1 Å². The molecule has 0 radical (unpaired) electrons. The third-order valence-corrected chi connectivity index (χ3v) is 4.31. The molecule has 0 aliphatic heterocycles. The van der Waals surface area contributed by atoms with Gasteiger partial charge >= 0.3 is 0 Å². The standard InChI is InChI=1S/C15H12N4O3S/c20-15(14-8-7-11-4-1-2-6-13(11)17-14)18-19-23(21,22)12-5-3-9-16-10-12/h1-10,19H,(H,18,20). The molecule has 7 nitrogen and oxygen atoms in total. The van der Waals surface area contributed by atoms with Gasteiger partial charge in [-0.15, -0.1) is 4.83 Å². The van der Waals surface area contributed by atoms with Crippen LogP contribution in [0.1, 0.15) is 10.5 Å². The molecule has 2 aromatic heterocycles. The number of benzene rings is 1. The first-order valence-corrected chi connectivity index (χ1v) is 8.12. The van der Waals surface area contributed by atoms with Gasteiger partial charge in [-0.1, -0.05) is 24.3 Å². The molecule has 2 heterocycles. The van der Waals surface area contributed by atoms with Gasteiger partial charge in [-0.3, -0.25) is 15.2 Å². The van der Waals surface area contributed by atoms with E-state index in [1.165, 1.54) is 30.6 Å². The number of carbonyl (C=O) groups excluding carboxylic acids is 1. The van der Waals surface area contributed by atoms with Gasteiger partial charge in [0, 0.05) is 17.8 Å². The van der Waals surface area contributed by atoms with Crippen molar-refractivity contribution in [3.63, 3.8) is 0 Å². The second kappa shape index (κ2) is 6.11. The first-order chi connectivity index (χ1) is 11.1. The molecule has 3 aromatic rings. The summed E-state index contributed by atoms with van der Waals surface area (Å²) in [6.07, 6.45) is 2.64. The summed E-state index contributed by atoms with van der Waals surface area (Å²) in [6.45, 7) is 0. The highest BCUT2D eigenvalue weighted by Crippen LogP contribution is 2.11. The maximum atomic E-state index is 12.1. The second-order valence-electron chi connectivity index (χ2n) is 4.64. The molecule has 0 fully saturated rings. The Bertz CT molecular complexity index is 959. The lowest BCUT2D eigenvalue weighted by molar-refractivity contribution is 0.0940. The maximum Gasteiger partial charge on any atom is 0.284 e. The summed E-state index contributed by atoms with van der Waals surface area (Å²) in [4.78, 5) is 21.9. The van der Waals surface area contributed by atoms with Crippen molar-refractivity contribution in [3.05, 3.63) is 66.6 Å². The average molecular weight is 328 g/mol. The molecule has 2 N–H and O–H groups in total. The number of aromatic nitrogens is 2. The van der Waals surface area contributed by atoms with Crippen molar-refractivity contribution >= 4 is 26.8 Å². The monoisotopic (exact) mass is 328 g/mol. The molecular formula is C15H12N4O3S. The van der Waals surface area contributed by atoms with Gasteiger partial charge in [-0.05, 0) is 24.3 Å².